The van der Waals surface area contributed by atoms with E-state index in [1.54, 1.807) is 25.1 Å². The van der Waals surface area contributed by atoms with Crippen LogP contribution in [-0.2, 0) is 10.0 Å². The van der Waals surface area contributed by atoms with Crippen LogP contribution in [0.2, 0.25) is 29.7 Å². The van der Waals surface area contributed by atoms with Gasteiger partial charge >= 0.3 is 0 Å². The summed E-state index contributed by atoms with van der Waals surface area (Å²) in [5.74, 6) is -2.64. The molecular weight excluding hydrogens is 395 g/mol. The molecule has 7 heteroatoms. The van der Waals surface area contributed by atoms with Crippen molar-refractivity contribution in [2.45, 2.75) is 64.3 Å². The molecule has 0 aromatic heterocycles. The van der Waals surface area contributed by atoms with E-state index in [-0.39, 0.29) is 13.0 Å². The van der Waals surface area contributed by atoms with E-state index in [9.17, 15) is 8.78 Å². The Bertz CT molecular complexity index is 627. The van der Waals surface area contributed by atoms with Crippen molar-refractivity contribution >= 4 is 31.5 Å². The molecule has 0 unspecified atom stereocenters. The van der Waals surface area contributed by atoms with E-state index in [2.05, 4.69) is 25.0 Å². The Morgan fingerprint density at radius 2 is 1.73 bits per heavy atom. The van der Waals surface area contributed by atoms with E-state index in [0.717, 1.165) is 0 Å². The Kier molecular flexibility index (Phi) is 6.51. The summed E-state index contributed by atoms with van der Waals surface area (Å²) < 4.78 is 34.9. The number of hydrogen-bond acceptors (Lipinski definition) is 2. The van der Waals surface area contributed by atoms with Gasteiger partial charge in [0.25, 0.3) is 5.92 Å². The normalized spacial score (nSPS) is 19.3. The highest BCUT2D eigenvalue weighted by atomic mass is 35.5. The summed E-state index contributed by atoms with van der Waals surface area (Å²) in [6.07, 6.45) is 0.978. The van der Waals surface area contributed by atoms with E-state index >= 15 is 0 Å². The molecule has 0 spiro atoms. The van der Waals surface area contributed by atoms with Gasteiger partial charge in [0.15, 0.2) is 8.32 Å². The van der Waals surface area contributed by atoms with Gasteiger partial charge in [-0.15, -0.1) is 0 Å². The number of hydrogen-bond donors (Lipinski definition) is 1. The predicted octanol–water partition coefficient (Wildman–Crippen LogP) is 6.48. The summed E-state index contributed by atoms with van der Waals surface area (Å²) in [5, 5.41) is 4.30. The SMILES string of the molecule is CCC(F)(F)C1(CNC[C@](C)(O[Si](C)(C)C)c2c(Cl)cccc2Cl)CC1. The van der Waals surface area contributed by atoms with Crippen LogP contribution in [0.4, 0.5) is 8.78 Å². The first-order chi connectivity index (χ1) is 11.9. The van der Waals surface area contributed by atoms with E-state index in [1.165, 1.54) is 0 Å². The molecule has 1 aromatic rings. The van der Waals surface area contributed by atoms with Crippen LogP contribution in [0.3, 0.4) is 0 Å². The van der Waals surface area contributed by atoms with Crippen LogP contribution in [0.15, 0.2) is 18.2 Å². The van der Waals surface area contributed by atoms with Crippen LogP contribution >= 0.6 is 23.2 Å². The van der Waals surface area contributed by atoms with Gasteiger partial charge in [-0.1, -0.05) is 36.2 Å². The summed E-state index contributed by atoms with van der Waals surface area (Å²) in [5.41, 5.74) is -0.991. The van der Waals surface area contributed by atoms with Crippen LogP contribution in [0.5, 0.6) is 0 Å². The Morgan fingerprint density at radius 1 is 1.19 bits per heavy atom. The second-order valence-corrected chi connectivity index (χ2v) is 13.7. The maximum Gasteiger partial charge on any atom is 0.254 e. The molecule has 0 heterocycles. The summed E-state index contributed by atoms with van der Waals surface area (Å²) in [6, 6.07) is 5.35. The predicted molar refractivity (Wildman–Crippen MR) is 108 cm³/mol. The number of nitrogens with one attached hydrogen (secondary N) is 1. The smallest absolute Gasteiger partial charge is 0.254 e. The third-order valence-corrected chi connectivity index (χ3v) is 6.72. The molecule has 1 aromatic carbocycles. The fraction of sp³-hybridized carbons (Fsp3) is 0.684. The second kappa shape index (κ2) is 7.67. The minimum atomic E-state index is -2.64. The average molecular weight is 424 g/mol. The molecule has 0 bridgehead atoms. The van der Waals surface area contributed by atoms with Crippen molar-refractivity contribution in [3.8, 4) is 0 Å². The lowest BCUT2D eigenvalue weighted by Gasteiger charge is -2.38. The first-order valence-electron chi connectivity index (χ1n) is 9.09. The Labute approximate surface area is 166 Å². The standard InChI is InChI=1S/C19H29Cl2F2NOSi/c1-6-19(22,23)18(10-11-18)13-24-12-17(2,25-26(3,4)5)16-14(20)8-7-9-15(16)21/h7-9,24H,6,10-13H2,1-5H3/t17-/m0/s1. The van der Waals surface area contributed by atoms with Crippen molar-refractivity contribution in [2.24, 2.45) is 5.41 Å². The zero-order chi connectivity index (χ0) is 19.8. The van der Waals surface area contributed by atoms with Crippen LogP contribution in [0.25, 0.3) is 0 Å². The fourth-order valence-corrected chi connectivity index (χ4v) is 5.92. The van der Waals surface area contributed by atoms with Gasteiger partial charge < -0.3 is 9.74 Å². The number of benzene rings is 1. The zero-order valence-electron chi connectivity index (χ0n) is 16.2. The summed E-state index contributed by atoms with van der Waals surface area (Å²) in [6.45, 7) is 10.4. The molecule has 0 saturated heterocycles. The van der Waals surface area contributed by atoms with Crippen LogP contribution < -0.4 is 5.32 Å². The van der Waals surface area contributed by atoms with Gasteiger partial charge in [-0.05, 0) is 51.5 Å². The Morgan fingerprint density at radius 3 is 2.15 bits per heavy atom. The van der Waals surface area contributed by atoms with Gasteiger partial charge in [0, 0.05) is 40.5 Å². The highest BCUT2D eigenvalue weighted by molar-refractivity contribution is 6.69. The molecule has 1 atom stereocenters. The molecule has 2 nitrogen and oxygen atoms in total. The molecule has 1 fully saturated rings. The second-order valence-electron chi connectivity index (χ2n) is 8.48. The molecular formula is C19H29Cl2F2NOSi. The molecule has 26 heavy (non-hydrogen) atoms. The quantitative estimate of drug-likeness (QED) is 0.459. The van der Waals surface area contributed by atoms with E-state index in [0.29, 0.717) is 35.0 Å². The van der Waals surface area contributed by atoms with Gasteiger partial charge in [-0.3, -0.25) is 0 Å². The van der Waals surface area contributed by atoms with Gasteiger partial charge in [0.2, 0.25) is 0 Å². The molecule has 1 saturated carbocycles. The lowest BCUT2D eigenvalue weighted by Crippen LogP contribution is -2.48. The highest BCUT2D eigenvalue weighted by Gasteiger charge is 2.60. The van der Waals surface area contributed by atoms with E-state index in [4.69, 9.17) is 27.6 Å². The van der Waals surface area contributed by atoms with Crippen molar-refractivity contribution in [3.63, 3.8) is 0 Å². The molecule has 1 N–H and O–H groups in total. The maximum atomic E-state index is 14.2. The molecule has 0 amide bonds. The number of alkyl halides is 2. The highest BCUT2D eigenvalue weighted by Crippen LogP contribution is 2.57. The van der Waals surface area contributed by atoms with E-state index < -0.39 is 25.3 Å². The lowest BCUT2D eigenvalue weighted by molar-refractivity contribution is -0.0760. The third-order valence-electron chi connectivity index (χ3n) is 5.02. The lowest BCUT2D eigenvalue weighted by atomic mass is 9.93. The first kappa shape index (κ1) is 22.1. The fourth-order valence-electron chi connectivity index (χ4n) is 3.59. The first-order valence-corrected chi connectivity index (χ1v) is 13.3. The topological polar surface area (TPSA) is 21.3 Å². The molecule has 1 aliphatic rings. The van der Waals surface area contributed by atoms with Crippen molar-refractivity contribution in [1.29, 1.82) is 0 Å². The molecule has 0 aliphatic heterocycles. The molecule has 1 aliphatic carbocycles. The van der Waals surface area contributed by atoms with Crippen LogP contribution in [0, 0.1) is 5.41 Å². The van der Waals surface area contributed by atoms with Crippen molar-refractivity contribution in [2.75, 3.05) is 13.1 Å². The van der Waals surface area contributed by atoms with Crippen LogP contribution in [0.1, 0.15) is 38.7 Å². The minimum Gasteiger partial charge on any atom is -0.407 e. The van der Waals surface area contributed by atoms with Crippen LogP contribution in [-0.4, -0.2) is 27.3 Å². The van der Waals surface area contributed by atoms with Gasteiger partial charge in [-0.25, -0.2) is 8.78 Å². The van der Waals surface area contributed by atoms with Crippen molar-refractivity contribution in [3.05, 3.63) is 33.8 Å². The minimum absolute atomic E-state index is 0.131. The van der Waals surface area contributed by atoms with E-state index in [1.807, 2.05) is 6.92 Å². The summed E-state index contributed by atoms with van der Waals surface area (Å²) in [7, 11) is -1.95. The number of halogens is 4. The van der Waals surface area contributed by atoms with Gasteiger partial charge in [0.1, 0.15) is 0 Å². The molecule has 2 rings (SSSR count). The van der Waals surface area contributed by atoms with Crippen molar-refractivity contribution < 1.29 is 13.2 Å². The van der Waals surface area contributed by atoms with Crippen molar-refractivity contribution in [1.82, 2.24) is 5.32 Å². The summed E-state index contributed by atoms with van der Waals surface area (Å²) >= 11 is 12.8. The largest absolute Gasteiger partial charge is 0.407 e. The zero-order valence-corrected chi connectivity index (χ0v) is 18.7. The summed E-state index contributed by atoms with van der Waals surface area (Å²) in [4.78, 5) is 0. The maximum absolute atomic E-state index is 14.2. The molecule has 0 radical (unpaired) electrons. The van der Waals surface area contributed by atoms with Gasteiger partial charge in [-0.2, -0.15) is 0 Å². The molecule has 148 valence electrons. The Balaban J connectivity index is 2.21. The average Bonchev–Trinajstić information content (AvgIpc) is 3.26. The number of rotatable bonds is 9. The Hall–Kier alpha value is -0.203. The third kappa shape index (κ3) is 4.79. The monoisotopic (exact) mass is 423 g/mol. The van der Waals surface area contributed by atoms with Gasteiger partial charge in [0.05, 0.1) is 5.60 Å².